The first-order valence-electron chi connectivity index (χ1n) is 10.4. The first-order chi connectivity index (χ1) is 13.6. The van der Waals surface area contributed by atoms with Gasteiger partial charge >= 0.3 is 0 Å². The number of carbonyl (C=O) groups is 2. The second-order valence-electron chi connectivity index (χ2n) is 7.24. The number of hydrogen-bond donors (Lipinski definition) is 2. The molecule has 2 amide bonds. The molecule has 9 heteroatoms. The number of nitrogens with zero attached hydrogens (tertiary/aromatic N) is 4. The van der Waals surface area contributed by atoms with Gasteiger partial charge in [-0.2, -0.15) is 0 Å². The van der Waals surface area contributed by atoms with E-state index in [4.69, 9.17) is 4.74 Å². The van der Waals surface area contributed by atoms with E-state index in [1.165, 1.54) is 0 Å². The second-order valence-corrected chi connectivity index (χ2v) is 7.24. The normalized spacial score (nSPS) is 19.6. The van der Waals surface area contributed by atoms with E-state index in [-0.39, 0.29) is 24.4 Å². The summed E-state index contributed by atoms with van der Waals surface area (Å²) in [5.74, 6) is 0.887. The summed E-state index contributed by atoms with van der Waals surface area (Å²) >= 11 is 0. The number of ether oxygens (including phenoxy) is 1. The highest BCUT2D eigenvalue weighted by Gasteiger charge is 2.30. The summed E-state index contributed by atoms with van der Waals surface area (Å²) in [5, 5.41) is 6.04. The number of amides is 2. The highest BCUT2D eigenvalue weighted by Crippen LogP contribution is 2.14. The molecule has 2 fully saturated rings. The average molecular weight is 397 g/mol. The van der Waals surface area contributed by atoms with Crippen molar-refractivity contribution in [2.24, 2.45) is 4.99 Å². The molecule has 0 aromatic rings. The lowest BCUT2D eigenvalue weighted by Crippen LogP contribution is -2.57. The number of guanidine groups is 1. The van der Waals surface area contributed by atoms with Gasteiger partial charge in [-0.15, -0.1) is 0 Å². The number of aliphatic imine (C=N–C) groups is 1. The predicted molar refractivity (Wildman–Crippen MR) is 109 cm³/mol. The number of carbonyl (C=O) groups excluding carboxylic acids is 2. The molecule has 0 radical (unpaired) electrons. The molecule has 0 saturated carbocycles. The molecule has 0 aromatic heterocycles. The molecule has 28 heavy (non-hydrogen) atoms. The predicted octanol–water partition coefficient (Wildman–Crippen LogP) is -0.657. The third-order valence-corrected chi connectivity index (χ3v) is 5.27. The average Bonchev–Trinajstić information content (AvgIpc) is 3.25. The molecule has 0 bridgehead atoms. The molecule has 2 saturated heterocycles. The smallest absolute Gasteiger partial charge is 0.241 e. The fourth-order valence-corrected chi connectivity index (χ4v) is 3.60. The molecule has 160 valence electrons. The largest absolute Gasteiger partial charge is 0.383 e. The van der Waals surface area contributed by atoms with Crippen LogP contribution in [0.2, 0.25) is 0 Å². The van der Waals surface area contributed by atoms with Gasteiger partial charge in [-0.1, -0.05) is 0 Å². The van der Waals surface area contributed by atoms with Crippen molar-refractivity contribution in [2.45, 2.75) is 32.7 Å². The molecule has 2 aliphatic rings. The van der Waals surface area contributed by atoms with E-state index >= 15 is 0 Å². The standard InChI is InChI=1S/C19H36N6O3/c1-4-20-19(22-15-17(26)21-7-14-28-3)25-12-10-23(11-13-25)16(2)18(27)24-8-5-6-9-24/h16H,4-15H2,1-3H3,(H,20,22)(H,21,26). The van der Waals surface area contributed by atoms with Gasteiger partial charge in [0.05, 0.1) is 12.6 Å². The molecule has 2 N–H and O–H groups in total. The lowest BCUT2D eigenvalue weighted by Gasteiger charge is -2.39. The van der Waals surface area contributed by atoms with Crippen LogP contribution >= 0.6 is 0 Å². The molecule has 2 aliphatic heterocycles. The number of likely N-dealkylation sites (tertiary alicyclic amines) is 1. The molecule has 2 heterocycles. The van der Waals surface area contributed by atoms with E-state index in [1.54, 1.807) is 7.11 Å². The summed E-state index contributed by atoms with van der Waals surface area (Å²) in [6.07, 6.45) is 2.24. The molecule has 9 nitrogen and oxygen atoms in total. The quantitative estimate of drug-likeness (QED) is 0.322. The van der Waals surface area contributed by atoms with Gasteiger partial charge in [0, 0.05) is 59.5 Å². The topological polar surface area (TPSA) is 89.5 Å². The van der Waals surface area contributed by atoms with Crippen LogP contribution in [-0.2, 0) is 14.3 Å². The maximum Gasteiger partial charge on any atom is 0.241 e. The first kappa shape index (κ1) is 22.4. The molecular formula is C19H36N6O3. The van der Waals surface area contributed by atoms with Gasteiger partial charge in [0.25, 0.3) is 0 Å². The molecule has 2 rings (SSSR count). The lowest BCUT2D eigenvalue weighted by atomic mass is 10.2. The number of rotatable bonds is 8. The zero-order valence-electron chi connectivity index (χ0n) is 17.6. The number of piperazine rings is 1. The Hall–Kier alpha value is -1.87. The van der Waals surface area contributed by atoms with Crippen LogP contribution in [0.3, 0.4) is 0 Å². The van der Waals surface area contributed by atoms with Crippen molar-refractivity contribution >= 4 is 17.8 Å². The zero-order valence-corrected chi connectivity index (χ0v) is 17.6. The second kappa shape index (κ2) is 11.9. The van der Waals surface area contributed by atoms with Crippen molar-refractivity contribution in [3.63, 3.8) is 0 Å². The maximum atomic E-state index is 12.6. The van der Waals surface area contributed by atoms with E-state index in [1.807, 2.05) is 18.7 Å². The Bertz CT molecular complexity index is 528. The molecule has 1 unspecified atom stereocenters. The Balaban J connectivity index is 1.83. The third-order valence-electron chi connectivity index (χ3n) is 5.27. The van der Waals surface area contributed by atoms with Gasteiger partial charge in [0.2, 0.25) is 11.8 Å². The molecule has 1 atom stereocenters. The Morgan fingerprint density at radius 3 is 2.32 bits per heavy atom. The molecule has 0 aliphatic carbocycles. The van der Waals surface area contributed by atoms with Crippen LogP contribution in [0.5, 0.6) is 0 Å². The van der Waals surface area contributed by atoms with Crippen molar-refractivity contribution in [1.29, 1.82) is 0 Å². The minimum Gasteiger partial charge on any atom is -0.383 e. The highest BCUT2D eigenvalue weighted by molar-refractivity contribution is 5.85. The Morgan fingerprint density at radius 2 is 1.71 bits per heavy atom. The van der Waals surface area contributed by atoms with Gasteiger partial charge in [0.1, 0.15) is 6.54 Å². The first-order valence-corrected chi connectivity index (χ1v) is 10.4. The Labute approximate surface area is 168 Å². The van der Waals surface area contributed by atoms with Crippen LogP contribution in [0.15, 0.2) is 4.99 Å². The fraction of sp³-hybridized carbons (Fsp3) is 0.842. The minimum absolute atomic E-state index is 0.0775. The fourth-order valence-electron chi connectivity index (χ4n) is 3.60. The summed E-state index contributed by atoms with van der Waals surface area (Å²) in [7, 11) is 1.60. The van der Waals surface area contributed by atoms with Gasteiger partial charge in [-0.05, 0) is 26.7 Å². The van der Waals surface area contributed by atoms with Crippen LogP contribution in [0.25, 0.3) is 0 Å². The number of hydrogen-bond acceptors (Lipinski definition) is 5. The van der Waals surface area contributed by atoms with Gasteiger partial charge in [-0.25, -0.2) is 4.99 Å². The minimum atomic E-state index is -0.115. The SMILES string of the molecule is CCNC(=NCC(=O)NCCOC)N1CCN(C(C)C(=O)N2CCCC2)CC1. The van der Waals surface area contributed by atoms with E-state index in [0.29, 0.717) is 13.2 Å². The highest BCUT2D eigenvalue weighted by atomic mass is 16.5. The lowest BCUT2D eigenvalue weighted by molar-refractivity contribution is -0.135. The van der Waals surface area contributed by atoms with E-state index in [9.17, 15) is 9.59 Å². The summed E-state index contributed by atoms with van der Waals surface area (Å²) in [6, 6.07) is -0.0775. The van der Waals surface area contributed by atoms with Crippen molar-refractivity contribution in [3.8, 4) is 0 Å². The summed E-state index contributed by atoms with van der Waals surface area (Å²) in [6.45, 7) is 10.8. The van der Waals surface area contributed by atoms with E-state index < -0.39 is 0 Å². The van der Waals surface area contributed by atoms with Gasteiger partial charge < -0.3 is 25.2 Å². The summed E-state index contributed by atoms with van der Waals surface area (Å²) in [4.78, 5) is 35.4. The molecule has 0 aromatic carbocycles. The monoisotopic (exact) mass is 396 g/mol. The summed E-state index contributed by atoms with van der Waals surface area (Å²) < 4.78 is 4.93. The van der Waals surface area contributed by atoms with E-state index in [0.717, 1.165) is 64.6 Å². The van der Waals surface area contributed by atoms with E-state index in [2.05, 4.69) is 25.4 Å². The van der Waals surface area contributed by atoms with Crippen LogP contribution in [0.4, 0.5) is 0 Å². The summed E-state index contributed by atoms with van der Waals surface area (Å²) in [5.41, 5.74) is 0. The third kappa shape index (κ3) is 6.63. The Morgan fingerprint density at radius 1 is 1.04 bits per heavy atom. The molecular weight excluding hydrogens is 360 g/mol. The van der Waals surface area contributed by atoms with Gasteiger partial charge in [0.15, 0.2) is 5.96 Å². The molecule has 0 spiro atoms. The zero-order chi connectivity index (χ0) is 20.4. The number of nitrogens with one attached hydrogen (secondary N) is 2. The van der Waals surface area contributed by atoms with Crippen molar-refractivity contribution in [2.75, 3.05) is 72.6 Å². The number of methoxy groups -OCH3 is 1. The van der Waals surface area contributed by atoms with Crippen molar-refractivity contribution in [3.05, 3.63) is 0 Å². The maximum absolute atomic E-state index is 12.6. The van der Waals surface area contributed by atoms with Gasteiger partial charge in [-0.3, -0.25) is 14.5 Å². The van der Waals surface area contributed by atoms with Crippen LogP contribution in [-0.4, -0.2) is 111 Å². The van der Waals surface area contributed by atoms with Crippen molar-refractivity contribution in [1.82, 2.24) is 25.3 Å². The van der Waals surface area contributed by atoms with Crippen LogP contribution < -0.4 is 10.6 Å². The van der Waals surface area contributed by atoms with Crippen LogP contribution in [0.1, 0.15) is 26.7 Å². The van der Waals surface area contributed by atoms with Crippen molar-refractivity contribution < 1.29 is 14.3 Å². The van der Waals surface area contributed by atoms with Crippen LogP contribution in [0, 0.1) is 0 Å². The Kier molecular flexibility index (Phi) is 9.49.